The zero-order valence-corrected chi connectivity index (χ0v) is 13.8. The van der Waals surface area contributed by atoms with Gasteiger partial charge in [0.15, 0.2) is 15.5 Å². The van der Waals surface area contributed by atoms with Gasteiger partial charge in [0.25, 0.3) is 0 Å². The summed E-state index contributed by atoms with van der Waals surface area (Å²) in [7, 11) is -3.10. The molecule has 20 heavy (non-hydrogen) atoms. The molecule has 108 valence electrons. The van der Waals surface area contributed by atoms with Crippen molar-refractivity contribution in [2.75, 3.05) is 5.75 Å². The maximum Gasteiger partial charge on any atom is 0.307 e. The third kappa shape index (κ3) is 4.05. The molecule has 2 rings (SSSR count). The Morgan fingerprint density at radius 1 is 1.30 bits per heavy atom. The zero-order chi connectivity index (χ0) is 14.9. The molecule has 1 aromatic carbocycles. The van der Waals surface area contributed by atoms with E-state index in [-0.39, 0.29) is 11.0 Å². The number of halogens is 3. The lowest BCUT2D eigenvalue weighted by Gasteiger charge is -2.04. The van der Waals surface area contributed by atoms with Crippen molar-refractivity contribution in [1.29, 1.82) is 0 Å². The molecule has 1 aromatic rings. The second-order valence-corrected chi connectivity index (χ2v) is 8.51. The monoisotopic (exact) mass is 371 g/mol. The first-order valence-corrected chi connectivity index (χ1v) is 9.11. The molecule has 0 radical (unpaired) electrons. The molecule has 4 nitrogen and oxygen atoms in total. The summed E-state index contributed by atoms with van der Waals surface area (Å²) in [6.45, 7) is 0. The van der Waals surface area contributed by atoms with Crippen molar-refractivity contribution >= 4 is 67.3 Å². The molecule has 1 unspecified atom stereocenters. The summed E-state index contributed by atoms with van der Waals surface area (Å²) in [5.74, 6) is 0.0299. The molecule has 0 aromatic heterocycles. The van der Waals surface area contributed by atoms with Gasteiger partial charge in [0.2, 0.25) is 0 Å². The number of hydrogen-bond donors (Lipinski definition) is 2. The number of nitrogens with one attached hydrogen (secondary N) is 1. The highest BCUT2D eigenvalue weighted by atomic mass is 35.5. The van der Waals surface area contributed by atoms with Crippen LogP contribution in [0.5, 0.6) is 0 Å². The van der Waals surface area contributed by atoms with Gasteiger partial charge >= 0.3 is 5.17 Å². The Kier molecular flexibility index (Phi) is 4.92. The Morgan fingerprint density at radius 2 is 1.90 bits per heavy atom. The normalized spacial score (nSPS) is 21.4. The molecule has 9 heteroatoms. The summed E-state index contributed by atoms with van der Waals surface area (Å²) in [5, 5.41) is 2.36. The van der Waals surface area contributed by atoms with Crippen molar-refractivity contribution in [3.05, 3.63) is 38.7 Å². The van der Waals surface area contributed by atoms with Crippen LogP contribution in [0.25, 0.3) is 0 Å². The number of benzene rings is 1. The van der Waals surface area contributed by atoms with Crippen molar-refractivity contribution < 1.29 is 13.4 Å². The van der Waals surface area contributed by atoms with Gasteiger partial charge in [-0.15, -0.1) is 0 Å². The van der Waals surface area contributed by atoms with E-state index < -0.39 is 9.84 Å². The van der Waals surface area contributed by atoms with Crippen LogP contribution in [0.2, 0.25) is 15.1 Å². The first kappa shape index (κ1) is 16.0. The van der Waals surface area contributed by atoms with Gasteiger partial charge < -0.3 is 0 Å². The minimum atomic E-state index is -3.10. The minimum absolute atomic E-state index is 0.0299. The summed E-state index contributed by atoms with van der Waals surface area (Å²) >= 11 is 19.0. The maximum absolute atomic E-state index is 11.3. The van der Waals surface area contributed by atoms with Gasteiger partial charge in [0, 0.05) is 15.7 Å². The predicted molar refractivity (Wildman–Crippen MR) is 85.6 cm³/mol. The number of rotatable bonds is 2. The summed E-state index contributed by atoms with van der Waals surface area (Å²) in [6, 6.07) is 3.07. The van der Waals surface area contributed by atoms with E-state index in [0.717, 1.165) is 0 Å². The van der Waals surface area contributed by atoms with Crippen LogP contribution in [0.15, 0.2) is 23.6 Å². The lowest BCUT2D eigenvalue weighted by molar-refractivity contribution is -0.350. The Morgan fingerprint density at radius 3 is 2.40 bits per heavy atom. The van der Waals surface area contributed by atoms with Gasteiger partial charge in [-0.3, -0.25) is 5.73 Å². The number of nitrogens with two attached hydrogens (primary N) is 1. The van der Waals surface area contributed by atoms with Crippen molar-refractivity contribution in [1.82, 2.24) is 0 Å². The van der Waals surface area contributed by atoms with Crippen LogP contribution in [0.3, 0.4) is 0 Å². The Balaban J connectivity index is 2.18. The number of sulfone groups is 1. The number of amidine groups is 1. The van der Waals surface area contributed by atoms with E-state index in [1.165, 1.54) is 29.3 Å². The topological polar surface area (TPSA) is 74.1 Å². The van der Waals surface area contributed by atoms with Gasteiger partial charge in [0.1, 0.15) is 0 Å². The summed E-state index contributed by atoms with van der Waals surface area (Å²) < 4.78 is 22.6. The molecule has 3 N–H and O–H groups in total. The predicted octanol–water partition coefficient (Wildman–Crippen LogP) is 1.72. The van der Waals surface area contributed by atoms with Crippen molar-refractivity contribution in [2.45, 2.75) is 5.25 Å². The van der Waals surface area contributed by atoms with E-state index in [9.17, 15) is 8.42 Å². The average Bonchev–Trinajstić information content (AvgIpc) is 2.63. The maximum atomic E-state index is 11.3. The molecule has 1 heterocycles. The van der Waals surface area contributed by atoms with Crippen LogP contribution >= 0.6 is 46.6 Å². The van der Waals surface area contributed by atoms with Crippen LogP contribution in [0.4, 0.5) is 5.69 Å². The van der Waals surface area contributed by atoms with Crippen molar-refractivity contribution in [3.8, 4) is 0 Å². The number of thioether (sulfide) groups is 1. The van der Waals surface area contributed by atoms with Gasteiger partial charge in [-0.05, 0) is 23.9 Å². The molecule has 1 atom stereocenters. The first-order valence-electron chi connectivity index (χ1n) is 5.38. The Bertz CT molecular complexity index is 679. The van der Waals surface area contributed by atoms with Crippen LogP contribution in [0, 0.1) is 0 Å². The van der Waals surface area contributed by atoms with Gasteiger partial charge in [0.05, 0.1) is 15.8 Å². The smallest absolute Gasteiger partial charge is 0.281 e. The molecule has 0 bridgehead atoms. The molecule has 0 fully saturated rings. The lowest BCUT2D eigenvalue weighted by atomic mass is 10.3. The molecule has 1 aliphatic rings. The van der Waals surface area contributed by atoms with Gasteiger partial charge in [-0.1, -0.05) is 40.9 Å². The van der Waals surface area contributed by atoms with Crippen LogP contribution in [-0.4, -0.2) is 24.6 Å². The average molecular weight is 373 g/mol. The van der Waals surface area contributed by atoms with Crippen LogP contribution in [-0.2, 0) is 9.84 Å². The van der Waals surface area contributed by atoms with Gasteiger partial charge in [-0.25, -0.2) is 13.4 Å². The molecule has 0 aliphatic carbocycles. The zero-order valence-electron chi connectivity index (χ0n) is 9.94. The SMILES string of the molecule is NC(=[NH+]c1c(Cl)cc(Cl)cc1Cl)SC1C=CS(=O)(=O)C1. The summed E-state index contributed by atoms with van der Waals surface area (Å²) in [6.07, 6.45) is 1.60. The summed E-state index contributed by atoms with van der Waals surface area (Å²) in [5.41, 5.74) is 6.28. The third-order valence-corrected chi connectivity index (χ3v) is 5.83. The molecular formula is C11H10Cl3N2O2S2+. The first-order chi connectivity index (χ1) is 9.27. The van der Waals surface area contributed by atoms with E-state index in [4.69, 9.17) is 40.5 Å². The minimum Gasteiger partial charge on any atom is -0.281 e. The quantitative estimate of drug-likeness (QED) is 0.612. The Labute approximate surface area is 135 Å². The van der Waals surface area contributed by atoms with E-state index >= 15 is 0 Å². The number of hydrogen-bond acceptors (Lipinski definition) is 3. The second kappa shape index (κ2) is 6.15. The highest BCUT2D eigenvalue weighted by Crippen LogP contribution is 2.30. The van der Waals surface area contributed by atoms with E-state index in [0.29, 0.717) is 25.9 Å². The molecule has 0 spiro atoms. The lowest BCUT2D eigenvalue weighted by Crippen LogP contribution is -2.68. The molecule has 0 amide bonds. The fourth-order valence-electron chi connectivity index (χ4n) is 1.60. The third-order valence-electron chi connectivity index (χ3n) is 2.43. The van der Waals surface area contributed by atoms with Gasteiger partial charge in [-0.2, -0.15) is 0 Å². The van der Waals surface area contributed by atoms with E-state index in [1.807, 2.05) is 0 Å². The molecular weight excluding hydrogens is 363 g/mol. The fraction of sp³-hybridized carbons (Fsp3) is 0.182. The van der Waals surface area contributed by atoms with Crippen LogP contribution in [0.1, 0.15) is 0 Å². The van der Waals surface area contributed by atoms with Crippen LogP contribution < -0.4 is 10.7 Å². The second-order valence-electron chi connectivity index (χ2n) is 4.05. The largest absolute Gasteiger partial charge is 0.307 e. The Hall–Kier alpha value is -0.400. The fourth-order valence-corrected chi connectivity index (χ4v) is 5.20. The van der Waals surface area contributed by atoms with Crippen molar-refractivity contribution in [2.24, 2.45) is 5.73 Å². The summed E-state index contributed by atoms with van der Waals surface area (Å²) in [4.78, 5) is 2.87. The molecule has 0 saturated heterocycles. The highest BCUT2D eigenvalue weighted by molar-refractivity contribution is 8.15. The molecule has 0 saturated carbocycles. The van der Waals surface area contributed by atoms with Crippen molar-refractivity contribution in [3.63, 3.8) is 0 Å². The van der Waals surface area contributed by atoms with E-state index in [2.05, 4.69) is 4.99 Å². The van der Waals surface area contributed by atoms with E-state index in [1.54, 1.807) is 6.08 Å². The standard InChI is InChI=1S/C11H9Cl3N2O2S2/c12-6-3-8(13)10(9(14)4-6)16-11(15)19-7-1-2-20(17,18)5-7/h1-4,7H,5H2,(H2,15,16)/p+1. The molecule has 1 aliphatic heterocycles. The highest BCUT2D eigenvalue weighted by Gasteiger charge is 2.25.